The van der Waals surface area contributed by atoms with Crippen molar-refractivity contribution in [3.63, 3.8) is 0 Å². The highest BCUT2D eigenvalue weighted by Crippen LogP contribution is 2.37. The molecular formula is C19H17ClFN5OS. The van der Waals surface area contributed by atoms with Crippen molar-refractivity contribution in [3.8, 4) is 0 Å². The van der Waals surface area contributed by atoms with E-state index in [9.17, 15) is 9.18 Å². The Morgan fingerprint density at radius 2 is 1.93 bits per heavy atom. The topological polar surface area (TPSA) is 71.8 Å². The molecule has 0 aliphatic carbocycles. The van der Waals surface area contributed by atoms with Gasteiger partial charge in [0, 0.05) is 17.1 Å². The lowest BCUT2D eigenvalue weighted by molar-refractivity contribution is -0.116. The molecule has 1 amide bonds. The summed E-state index contributed by atoms with van der Waals surface area (Å²) >= 11 is 7.24. The van der Waals surface area contributed by atoms with Crippen LogP contribution < -0.4 is 10.7 Å². The summed E-state index contributed by atoms with van der Waals surface area (Å²) in [6.45, 7) is 1.98. The van der Waals surface area contributed by atoms with Gasteiger partial charge in [-0.05, 0) is 42.0 Å². The smallest absolute Gasteiger partial charge is 0.240 e. The first kappa shape index (κ1) is 18.8. The van der Waals surface area contributed by atoms with Crippen LogP contribution in [0.15, 0.2) is 53.7 Å². The van der Waals surface area contributed by atoms with Gasteiger partial charge in [0.2, 0.25) is 11.1 Å². The molecule has 0 fully saturated rings. The maximum absolute atomic E-state index is 13.4. The Bertz CT molecular complexity index is 993. The van der Waals surface area contributed by atoms with Crippen LogP contribution in [0.2, 0.25) is 5.02 Å². The number of carbonyl (C=O) groups is 1. The fraction of sp³-hybridized carbons (Fsp3) is 0.211. The van der Waals surface area contributed by atoms with E-state index in [0.29, 0.717) is 22.3 Å². The van der Waals surface area contributed by atoms with E-state index in [-0.39, 0.29) is 17.8 Å². The SMILES string of the molecule is CCc1nnc2n1NC(c1ccc(F)cc1)C(C(=O)Nc1ccc(Cl)cc1)S2. The van der Waals surface area contributed by atoms with Gasteiger partial charge in [0.05, 0.1) is 6.04 Å². The number of aromatic nitrogens is 3. The van der Waals surface area contributed by atoms with Crippen LogP contribution in [0.5, 0.6) is 0 Å². The zero-order valence-corrected chi connectivity index (χ0v) is 16.5. The summed E-state index contributed by atoms with van der Waals surface area (Å²) in [4.78, 5) is 13.1. The monoisotopic (exact) mass is 417 g/mol. The predicted octanol–water partition coefficient (Wildman–Crippen LogP) is 4.03. The van der Waals surface area contributed by atoms with Gasteiger partial charge in [-0.3, -0.25) is 4.79 Å². The van der Waals surface area contributed by atoms with Crippen LogP contribution in [0.4, 0.5) is 10.1 Å². The molecule has 1 aliphatic heterocycles. The van der Waals surface area contributed by atoms with Gasteiger partial charge >= 0.3 is 0 Å². The molecule has 4 rings (SSSR count). The van der Waals surface area contributed by atoms with E-state index >= 15 is 0 Å². The van der Waals surface area contributed by atoms with Crippen LogP contribution in [-0.2, 0) is 11.2 Å². The number of anilines is 1. The number of halogens is 2. The first-order valence-corrected chi connectivity index (χ1v) is 10.0. The molecule has 6 nitrogen and oxygen atoms in total. The molecule has 9 heteroatoms. The maximum Gasteiger partial charge on any atom is 0.240 e. The summed E-state index contributed by atoms with van der Waals surface area (Å²) in [5.74, 6) is 0.251. The number of hydrogen-bond donors (Lipinski definition) is 2. The number of carbonyl (C=O) groups excluding carboxylic acids is 1. The van der Waals surface area contributed by atoms with Crippen LogP contribution in [-0.4, -0.2) is 26.0 Å². The Morgan fingerprint density at radius 3 is 2.61 bits per heavy atom. The molecule has 1 aliphatic rings. The van der Waals surface area contributed by atoms with Gasteiger partial charge in [0.15, 0.2) is 5.82 Å². The van der Waals surface area contributed by atoms with Gasteiger partial charge in [-0.1, -0.05) is 42.4 Å². The minimum Gasteiger partial charge on any atom is -0.325 e. The quantitative estimate of drug-likeness (QED) is 0.670. The highest BCUT2D eigenvalue weighted by molar-refractivity contribution is 8.00. The van der Waals surface area contributed by atoms with E-state index in [0.717, 1.165) is 11.4 Å². The van der Waals surface area contributed by atoms with Gasteiger partial charge in [-0.2, -0.15) is 0 Å². The minimum absolute atomic E-state index is 0.193. The van der Waals surface area contributed by atoms with Crippen molar-refractivity contribution >= 4 is 35.0 Å². The molecule has 2 atom stereocenters. The first-order chi connectivity index (χ1) is 13.5. The molecule has 0 radical (unpaired) electrons. The van der Waals surface area contributed by atoms with E-state index in [4.69, 9.17) is 11.6 Å². The fourth-order valence-electron chi connectivity index (χ4n) is 2.99. The van der Waals surface area contributed by atoms with E-state index < -0.39 is 5.25 Å². The van der Waals surface area contributed by atoms with Crippen molar-refractivity contribution < 1.29 is 9.18 Å². The van der Waals surface area contributed by atoms with Crippen molar-refractivity contribution in [1.29, 1.82) is 0 Å². The Hall–Kier alpha value is -2.58. The molecule has 1 aromatic heterocycles. The molecule has 0 saturated carbocycles. The number of benzene rings is 2. The lowest BCUT2D eigenvalue weighted by Crippen LogP contribution is -2.41. The van der Waals surface area contributed by atoms with Crippen LogP contribution in [0.3, 0.4) is 0 Å². The zero-order chi connectivity index (χ0) is 19.7. The van der Waals surface area contributed by atoms with E-state index in [2.05, 4.69) is 20.9 Å². The number of nitrogens with one attached hydrogen (secondary N) is 2. The molecule has 2 unspecified atom stereocenters. The van der Waals surface area contributed by atoms with Crippen molar-refractivity contribution in [2.75, 3.05) is 10.7 Å². The number of amides is 1. The standard InChI is InChI=1S/C19H17ClFN5OS/c1-2-15-23-24-19-26(15)25-16(11-3-7-13(21)8-4-11)17(28-19)18(27)22-14-9-5-12(20)6-10-14/h3-10,16-17,25H,2H2,1H3,(H,22,27). The largest absolute Gasteiger partial charge is 0.325 e. The second kappa shape index (κ2) is 7.81. The maximum atomic E-state index is 13.4. The Labute approximate surface area is 170 Å². The summed E-state index contributed by atoms with van der Waals surface area (Å²) in [6, 6.07) is 12.7. The average Bonchev–Trinajstić information content (AvgIpc) is 3.11. The van der Waals surface area contributed by atoms with E-state index in [1.165, 1.54) is 23.9 Å². The minimum atomic E-state index is -0.525. The van der Waals surface area contributed by atoms with Crippen LogP contribution in [0.25, 0.3) is 0 Å². The van der Waals surface area contributed by atoms with E-state index in [1.54, 1.807) is 41.1 Å². The third-order valence-electron chi connectivity index (χ3n) is 4.42. The van der Waals surface area contributed by atoms with Gasteiger partial charge < -0.3 is 10.7 Å². The number of rotatable bonds is 4. The second-order valence-corrected chi connectivity index (χ2v) is 7.83. The van der Waals surface area contributed by atoms with Crippen molar-refractivity contribution in [2.45, 2.75) is 29.8 Å². The van der Waals surface area contributed by atoms with E-state index in [1.807, 2.05) is 6.92 Å². The number of aryl methyl sites for hydroxylation is 1. The Morgan fingerprint density at radius 1 is 1.21 bits per heavy atom. The Balaban J connectivity index is 1.66. The number of fused-ring (bicyclic) bond motifs is 1. The zero-order valence-electron chi connectivity index (χ0n) is 14.9. The molecule has 0 spiro atoms. The lowest BCUT2D eigenvalue weighted by Gasteiger charge is -2.33. The molecule has 0 bridgehead atoms. The van der Waals surface area contributed by atoms with Crippen molar-refractivity contribution in [2.24, 2.45) is 0 Å². The van der Waals surface area contributed by atoms with Gasteiger partial charge in [0.25, 0.3) is 0 Å². The van der Waals surface area contributed by atoms with Crippen molar-refractivity contribution in [3.05, 3.63) is 70.8 Å². The fourth-order valence-corrected chi connectivity index (χ4v) is 4.22. The highest BCUT2D eigenvalue weighted by Gasteiger charge is 2.37. The molecule has 3 aromatic rings. The summed E-state index contributed by atoms with van der Waals surface area (Å²) in [7, 11) is 0. The molecule has 2 aromatic carbocycles. The summed E-state index contributed by atoms with van der Waals surface area (Å²) < 4.78 is 15.2. The molecule has 144 valence electrons. The van der Waals surface area contributed by atoms with Crippen LogP contribution >= 0.6 is 23.4 Å². The van der Waals surface area contributed by atoms with Gasteiger partial charge in [0.1, 0.15) is 11.1 Å². The Kier molecular flexibility index (Phi) is 5.23. The number of thioether (sulfide) groups is 1. The molecule has 2 heterocycles. The van der Waals surface area contributed by atoms with Crippen LogP contribution in [0.1, 0.15) is 24.4 Å². The van der Waals surface area contributed by atoms with Gasteiger partial charge in [-0.15, -0.1) is 10.2 Å². The first-order valence-electron chi connectivity index (χ1n) is 8.74. The molecule has 28 heavy (non-hydrogen) atoms. The third-order valence-corrected chi connectivity index (χ3v) is 5.89. The molecule has 2 N–H and O–H groups in total. The summed E-state index contributed by atoms with van der Waals surface area (Å²) in [5.41, 5.74) is 4.77. The predicted molar refractivity (Wildman–Crippen MR) is 108 cm³/mol. The highest BCUT2D eigenvalue weighted by atomic mass is 35.5. The normalized spacial score (nSPS) is 18.2. The summed E-state index contributed by atoms with van der Waals surface area (Å²) in [5, 5.41) is 11.9. The lowest BCUT2D eigenvalue weighted by atomic mass is 10.0. The second-order valence-electron chi connectivity index (χ2n) is 6.28. The summed E-state index contributed by atoms with van der Waals surface area (Å²) in [6.07, 6.45) is 0.693. The van der Waals surface area contributed by atoms with Crippen molar-refractivity contribution in [1.82, 2.24) is 14.9 Å². The molecule has 0 saturated heterocycles. The average molecular weight is 418 g/mol. The third kappa shape index (κ3) is 3.70. The number of nitrogens with zero attached hydrogens (tertiary/aromatic N) is 3. The number of hydrogen-bond acceptors (Lipinski definition) is 5. The van der Waals surface area contributed by atoms with Gasteiger partial charge in [-0.25, -0.2) is 9.07 Å². The van der Waals surface area contributed by atoms with Crippen LogP contribution in [0, 0.1) is 5.82 Å². The molecular weight excluding hydrogens is 401 g/mol.